The number of nitrogens with one attached hydrogen (secondary N) is 1. The Bertz CT molecular complexity index is 208. The highest BCUT2D eigenvalue weighted by Crippen LogP contribution is 2.15. The fourth-order valence-corrected chi connectivity index (χ4v) is 2.22. The number of nitrogens with zero attached hydrogens (tertiary/aromatic N) is 1. The molecule has 0 aromatic carbocycles. The third-order valence-corrected chi connectivity index (χ3v) is 3.26. The minimum absolute atomic E-state index is 0.0780. The van der Waals surface area contributed by atoms with Crippen LogP contribution in [0.1, 0.15) is 39.0 Å². The molecular weight excluding hydrogens is 202 g/mol. The minimum Gasteiger partial charge on any atom is -0.356 e. The summed E-state index contributed by atoms with van der Waals surface area (Å²) < 4.78 is 0. The van der Waals surface area contributed by atoms with E-state index < -0.39 is 0 Å². The number of hydrogen-bond acceptors (Lipinski definition) is 3. The predicted molar refractivity (Wildman–Crippen MR) is 66.2 cm³/mol. The van der Waals surface area contributed by atoms with Crippen molar-refractivity contribution in [2.24, 2.45) is 5.73 Å². The normalized spacial score (nSPS) is 22.0. The number of carbonyl (C=O) groups excluding carboxylic acids is 1. The van der Waals surface area contributed by atoms with Crippen molar-refractivity contribution in [2.75, 3.05) is 26.2 Å². The zero-order valence-electron chi connectivity index (χ0n) is 10.4. The van der Waals surface area contributed by atoms with E-state index in [-0.39, 0.29) is 5.91 Å². The van der Waals surface area contributed by atoms with Crippen LogP contribution in [0.5, 0.6) is 0 Å². The van der Waals surface area contributed by atoms with Gasteiger partial charge in [0.2, 0.25) is 5.91 Å². The van der Waals surface area contributed by atoms with Crippen molar-refractivity contribution >= 4 is 5.91 Å². The average molecular weight is 227 g/mol. The van der Waals surface area contributed by atoms with Gasteiger partial charge in [-0.2, -0.15) is 0 Å². The van der Waals surface area contributed by atoms with Gasteiger partial charge in [-0.3, -0.25) is 4.79 Å². The Morgan fingerprint density at radius 3 is 3.00 bits per heavy atom. The van der Waals surface area contributed by atoms with Crippen molar-refractivity contribution in [3.8, 4) is 0 Å². The molecule has 0 bridgehead atoms. The zero-order valence-corrected chi connectivity index (χ0v) is 10.4. The van der Waals surface area contributed by atoms with Crippen LogP contribution >= 0.6 is 0 Å². The first kappa shape index (κ1) is 13.5. The second-order valence-corrected chi connectivity index (χ2v) is 4.62. The van der Waals surface area contributed by atoms with Crippen molar-refractivity contribution in [1.29, 1.82) is 0 Å². The molecule has 3 N–H and O–H groups in total. The van der Waals surface area contributed by atoms with Crippen LogP contribution < -0.4 is 11.1 Å². The summed E-state index contributed by atoms with van der Waals surface area (Å²) in [5.74, 6) is 0.0780. The molecule has 4 nitrogen and oxygen atoms in total. The van der Waals surface area contributed by atoms with Gasteiger partial charge < -0.3 is 16.0 Å². The van der Waals surface area contributed by atoms with Crippen LogP contribution in [-0.2, 0) is 4.79 Å². The Labute approximate surface area is 98.6 Å². The summed E-state index contributed by atoms with van der Waals surface area (Å²) in [6, 6.07) is 0.716. The van der Waals surface area contributed by atoms with E-state index in [1.807, 2.05) is 0 Å². The molecule has 0 spiro atoms. The monoisotopic (exact) mass is 227 g/mol. The predicted octanol–water partition coefficient (Wildman–Crippen LogP) is 0.716. The van der Waals surface area contributed by atoms with E-state index in [0.29, 0.717) is 19.0 Å². The molecule has 0 aliphatic carbocycles. The standard InChI is InChI=1S/C12H25N3O/c1-11-5-2-3-9-15(11)10-4-8-14-12(16)6-7-13/h11H,2-10,13H2,1H3,(H,14,16). The highest BCUT2D eigenvalue weighted by molar-refractivity contribution is 5.75. The summed E-state index contributed by atoms with van der Waals surface area (Å²) in [4.78, 5) is 13.7. The van der Waals surface area contributed by atoms with Crippen LogP contribution in [0.2, 0.25) is 0 Å². The van der Waals surface area contributed by atoms with E-state index in [9.17, 15) is 4.79 Å². The molecule has 1 heterocycles. The van der Waals surface area contributed by atoms with Crippen LogP contribution in [0.25, 0.3) is 0 Å². The maximum absolute atomic E-state index is 11.2. The smallest absolute Gasteiger partial charge is 0.221 e. The van der Waals surface area contributed by atoms with Crippen molar-refractivity contribution in [1.82, 2.24) is 10.2 Å². The summed E-state index contributed by atoms with van der Waals surface area (Å²) in [5.41, 5.74) is 5.30. The Morgan fingerprint density at radius 1 is 1.50 bits per heavy atom. The van der Waals surface area contributed by atoms with Crippen molar-refractivity contribution in [3.63, 3.8) is 0 Å². The Kier molecular flexibility index (Phi) is 6.42. The molecule has 0 aromatic heterocycles. The topological polar surface area (TPSA) is 58.4 Å². The fraction of sp³-hybridized carbons (Fsp3) is 0.917. The van der Waals surface area contributed by atoms with Gasteiger partial charge in [0.1, 0.15) is 0 Å². The number of likely N-dealkylation sites (tertiary alicyclic amines) is 1. The molecule has 1 unspecified atom stereocenters. The van der Waals surface area contributed by atoms with Crippen molar-refractivity contribution in [3.05, 3.63) is 0 Å². The highest BCUT2D eigenvalue weighted by Gasteiger charge is 2.16. The average Bonchev–Trinajstić information content (AvgIpc) is 2.27. The van der Waals surface area contributed by atoms with Gasteiger partial charge in [0.05, 0.1) is 0 Å². The second kappa shape index (κ2) is 7.63. The van der Waals surface area contributed by atoms with Gasteiger partial charge in [0.15, 0.2) is 0 Å². The molecule has 0 aromatic rings. The van der Waals surface area contributed by atoms with Crippen molar-refractivity contribution in [2.45, 2.75) is 45.1 Å². The second-order valence-electron chi connectivity index (χ2n) is 4.62. The quantitative estimate of drug-likeness (QED) is 0.657. The Morgan fingerprint density at radius 2 is 2.31 bits per heavy atom. The Balaban J connectivity index is 2.03. The number of carbonyl (C=O) groups is 1. The lowest BCUT2D eigenvalue weighted by Gasteiger charge is -2.33. The number of hydrogen-bond donors (Lipinski definition) is 2. The number of rotatable bonds is 6. The van der Waals surface area contributed by atoms with Gasteiger partial charge in [-0.05, 0) is 32.7 Å². The molecule has 94 valence electrons. The van der Waals surface area contributed by atoms with E-state index in [1.54, 1.807) is 0 Å². The molecule has 1 saturated heterocycles. The molecular formula is C12H25N3O. The van der Waals surface area contributed by atoms with E-state index in [0.717, 1.165) is 19.5 Å². The molecule has 0 radical (unpaired) electrons. The molecule has 4 heteroatoms. The van der Waals surface area contributed by atoms with Gasteiger partial charge in [-0.25, -0.2) is 0 Å². The first-order valence-electron chi connectivity index (χ1n) is 6.45. The molecule has 1 fully saturated rings. The van der Waals surface area contributed by atoms with Crippen LogP contribution in [-0.4, -0.2) is 43.0 Å². The number of nitrogens with two attached hydrogens (primary N) is 1. The summed E-state index contributed by atoms with van der Waals surface area (Å²) in [7, 11) is 0. The van der Waals surface area contributed by atoms with Gasteiger partial charge in [0.25, 0.3) is 0 Å². The summed E-state index contributed by atoms with van der Waals surface area (Å²) in [5, 5.41) is 2.89. The summed E-state index contributed by atoms with van der Waals surface area (Å²) >= 11 is 0. The van der Waals surface area contributed by atoms with Gasteiger partial charge in [-0.15, -0.1) is 0 Å². The van der Waals surface area contributed by atoms with Gasteiger partial charge >= 0.3 is 0 Å². The lowest BCUT2D eigenvalue weighted by molar-refractivity contribution is -0.120. The maximum atomic E-state index is 11.2. The summed E-state index contributed by atoms with van der Waals surface area (Å²) in [6.45, 7) is 5.84. The van der Waals surface area contributed by atoms with Crippen LogP contribution in [0.3, 0.4) is 0 Å². The molecule has 1 rings (SSSR count). The first-order chi connectivity index (χ1) is 7.74. The van der Waals surface area contributed by atoms with E-state index in [4.69, 9.17) is 5.73 Å². The van der Waals surface area contributed by atoms with Crippen molar-refractivity contribution < 1.29 is 4.79 Å². The van der Waals surface area contributed by atoms with E-state index in [2.05, 4.69) is 17.1 Å². The Hall–Kier alpha value is -0.610. The largest absolute Gasteiger partial charge is 0.356 e. The lowest BCUT2D eigenvalue weighted by atomic mass is 10.0. The van der Waals surface area contributed by atoms with Gasteiger partial charge in [-0.1, -0.05) is 6.42 Å². The first-order valence-corrected chi connectivity index (χ1v) is 6.45. The van der Waals surface area contributed by atoms with Gasteiger partial charge in [0, 0.05) is 32.1 Å². The molecule has 16 heavy (non-hydrogen) atoms. The maximum Gasteiger partial charge on any atom is 0.221 e. The SMILES string of the molecule is CC1CCCCN1CCCNC(=O)CCN. The molecule has 1 aliphatic rings. The van der Waals surface area contributed by atoms with E-state index >= 15 is 0 Å². The fourth-order valence-electron chi connectivity index (χ4n) is 2.22. The molecule has 0 saturated carbocycles. The van der Waals surface area contributed by atoms with E-state index in [1.165, 1.54) is 25.8 Å². The van der Waals surface area contributed by atoms with Crippen LogP contribution in [0.4, 0.5) is 0 Å². The number of piperidine rings is 1. The molecule has 1 aliphatic heterocycles. The summed E-state index contributed by atoms with van der Waals surface area (Å²) in [6.07, 6.45) is 5.50. The third kappa shape index (κ3) is 4.94. The zero-order chi connectivity index (χ0) is 11.8. The molecule has 1 atom stereocenters. The highest BCUT2D eigenvalue weighted by atomic mass is 16.1. The third-order valence-electron chi connectivity index (χ3n) is 3.26. The minimum atomic E-state index is 0.0780. The van der Waals surface area contributed by atoms with Crippen LogP contribution in [0.15, 0.2) is 0 Å². The number of amides is 1. The molecule has 1 amide bonds. The lowest BCUT2D eigenvalue weighted by Crippen LogP contribution is -2.39. The van der Waals surface area contributed by atoms with Crippen LogP contribution in [0, 0.1) is 0 Å².